The number of hydrogen-bond donors (Lipinski definition) is 0. The van der Waals surface area contributed by atoms with Crippen molar-refractivity contribution in [1.29, 1.82) is 0 Å². The van der Waals surface area contributed by atoms with Crippen LogP contribution in [0.1, 0.15) is 34.1 Å². The van der Waals surface area contributed by atoms with E-state index in [2.05, 4.69) is 6.58 Å². The van der Waals surface area contributed by atoms with Crippen LogP contribution in [-0.2, 0) is 6.54 Å². The van der Waals surface area contributed by atoms with E-state index in [4.69, 9.17) is 4.42 Å². The summed E-state index contributed by atoms with van der Waals surface area (Å²) < 4.78 is 5.35. The Hall–Kier alpha value is -2.29. The maximum atomic E-state index is 12.5. The molecule has 3 rings (SSSR count). The lowest BCUT2D eigenvalue weighted by Crippen LogP contribution is -2.27. The number of carbonyl (C=O) groups is 1. The molecule has 2 heterocycles. The van der Waals surface area contributed by atoms with Crippen molar-refractivity contribution in [1.82, 2.24) is 4.90 Å². The number of furan rings is 1. The second kappa shape index (κ2) is 4.76. The first-order chi connectivity index (χ1) is 9.31. The van der Waals surface area contributed by atoms with Gasteiger partial charge in [0.1, 0.15) is 5.76 Å². The van der Waals surface area contributed by atoms with Gasteiger partial charge in [0.25, 0.3) is 5.91 Å². The zero-order valence-electron chi connectivity index (χ0n) is 10.6. The van der Waals surface area contributed by atoms with Crippen molar-refractivity contribution in [2.75, 3.05) is 0 Å². The first-order valence-corrected chi connectivity index (χ1v) is 6.34. The van der Waals surface area contributed by atoms with Crippen LogP contribution < -0.4 is 0 Å². The van der Waals surface area contributed by atoms with E-state index >= 15 is 0 Å². The molecule has 2 aromatic rings. The van der Waals surface area contributed by atoms with E-state index < -0.39 is 0 Å². The number of hydrogen-bond acceptors (Lipinski definition) is 2. The predicted molar refractivity (Wildman–Crippen MR) is 72.6 cm³/mol. The minimum atomic E-state index is 0.0614. The number of amides is 1. The molecule has 1 aromatic carbocycles. The van der Waals surface area contributed by atoms with E-state index in [0.717, 1.165) is 23.3 Å². The Kier molecular flexibility index (Phi) is 2.95. The Morgan fingerprint density at radius 1 is 1.26 bits per heavy atom. The molecule has 1 aromatic heterocycles. The van der Waals surface area contributed by atoms with Crippen LogP contribution in [0, 0.1) is 0 Å². The normalized spacial score (nSPS) is 17.6. The van der Waals surface area contributed by atoms with E-state index in [9.17, 15) is 4.79 Å². The molecule has 1 unspecified atom stereocenters. The van der Waals surface area contributed by atoms with Gasteiger partial charge in [-0.25, -0.2) is 0 Å². The second-order valence-corrected chi connectivity index (χ2v) is 4.64. The monoisotopic (exact) mass is 253 g/mol. The molecule has 19 heavy (non-hydrogen) atoms. The van der Waals surface area contributed by atoms with Crippen molar-refractivity contribution in [2.24, 2.45) is 0 Å². The average molecular weight is 253 g/mol. The zero-order chi connectivity index (χ0) is 13.2. The molecule has 0 N–H and O–H groups in total. The molecule has 1 atom stereocenters. The molecule has 0 bridgehead atoms. The third-order valence-corrected chi connectivity index (χ3v) is 3.48. The summed E-state index contributed by atoms with van der Waals surface area (Å²) in [6, 6.07) is 11.6. The Morgan fingerprint density at radius 2 is 2.11 bits per heavy atom. The summed E-state index contributed by atoms with van der Waals surface area (Å²) in [5.74, 6) is 0.870. The third-order valence-electron chi connectivity index (χ3n) is 3.48. The number of rotatable bonds is 4. The van der Waals surface area contributed by atoms with Crippen LogP contribution in [0.3, 0.4) is 0 Å². The number of nitrogens with zero attached hydrogens (tertiary/aromatic N) is 1. The van der Waals surface area contributed by atoms with Gasteiger partial charge in [-0.1, -0.05) is 24.3 Å². The standard InChI is InChI=1S/C16H15NO2/c1-2-6-15-13-8-3-4-9-14(13)16(18)17(15)11-12-7-5-10-19-12/h2-5,7-10,15H,1,6,11H2. The van der Waals surface area contributed by atoms with Gasteiger partial charge >= 0.3 is 0 Å². The topological polar surface area (TPSA) is 33.5 Å². The highest BCUT2D eigenvalue weighted by Gasteiger charge is 2.35. The average Bonchev–Trinajstić information content (AvgIpc) is 3.02. The molecule has 0 saturated heterocycles. The quantitative estimate of drug-likeness (QED) is 0.781. The van der Waals surface area contributed by atoms with Gasteiger partial charge in [0.15, 0.2) is 0 Å². The van der Waals surface area contributed by atoms with E-state index in [-0.39, 0.29) is 11.9 Å². The van der Waals surface area contributed by atoms with Crippen LogP contribution in [0.4, 0.5) is 0 Å². The molecule has 0 aliphatic carbocycles. The van der Waals surface area contributed by atoms with E-state index in [1.807, 2.05) is 47.4 Å². The van der Waals surface area contributed by atoms with Gasteiger partial charge in [-0.3, -0.25) is 4.79 Å². The highest BCUT2D eigenvalue weighted by molar-refractivity contribution is 5.99. The number of fused-ring (bicyclic) bond motifs is 1. The second-order valence-electron chi connectivity index (χ2n) is 4.64. The van der Waals surface area contributed by atoms with Gasteiger partial charge in [-0.05, 0) is 30.2 Å². The molecule has 0 spiro atoms. The summed E-state index contributed by atoms with van der Waals surface area (Å²) in [5.41, 5.74) is 1.87. The maximum Gasteiger partial charge on any atom is 0.255 e. The molecule has 96 valence electrons. The molecule has 1 amide bonds. The lowest BCUT2D eigenvalue weighted by atomic mass is 10.0. The smallest absolute Gasteiger partial charge is 0.255 e. The third kappa shape index (κ3) is 1.97. The predicted octanol–water partition coefficient (Wildman–Crippen LogP) is 3.55. The Balaban J connectivity index is 1.95. The Labute approximate surface area is 112 Å². The highest BCUT2D eigenvalue weighted by atomic mass is 16.3. The van der Waals surface area contributed by atoms with Crippen molar-refractivity contribution in [3.05, 3.63) is 72.2 Å². The fourth-order valence-electron chi connectivity index (χ4n) is 2.61. The molecule has 3 heteroatoms. The van der Waals surface area contributed by atoms with Crippen LogP contribution >= 0.6 is 0 Å². The summed E-state index contributed by atoms with van der Waals surface area (Å²) in [4.78, 5) is 14.3. The van der Waals surface area contributed by atoms with Crippen LogP contribution in [0.25, 0.3) is 0 Å². The van der Waals surface area contributed by atoms with Crippen LogP contribution in [-0.4, -0.2) is 10.8 Å². The Bertz CT molecular complexity index is 601. The molecule has 1 aliphatic heterocycles. The van der Waals surface area contributed by atoms with E-state index in [1.165, 1.54) is 0 Å². The van der Waals surface area contributed by atoms with Crippen molar-refractivity contribution in [2.45, 2.75) is 19.0 Å². The largest absolute Gasteiger partial charge is 0.467 e. The van der Waals surface area contributed by atoms with Gasteiger partial charge in [0.2, 0.25) is 0 Å². The summed E-state index contributed by atoms with van der Waals surface area (Å²) in [6.45, 7) is 4.29. The van der Waals surface area contributed by atoms with Crippen LogP contribution in [0.5, 0.6) is 0 Å². The van der Waals surface area contributed by atoms with Crippen molar-refractivity contribution < 1.29 is 9.21 Å². The Morgan fingerprint density at radius 3 is 2.84 bits per heavy atom. The first-order valence-electron chi connectivity index (χ1n) is 6.34. The first kappa shape index (κ1) is 11.8. The summed E-state index contributed by atoms with van der Waals surface area (Å²) in [6.07, 6.45) is 4.24. The minimum Gasteiger partial charge on any atom is -0.467 e. The summed E-state index contributed by atoms with van der Waals surface area (Å²) in [7, 11) is 0. The van der Waals surface area contributed by atoms with Gasteiger partial charge < -0.3 is 9.32 Å². The number of benzene rings is 1. The summed E-state index contributed by atoms with van der Waals surface area (Å²) >= 11 is 0. The van der Waals surface area contributed by atoms with Gasteiger partial charge in [-0.2, -0.15) is 0 Å². The summed E-state index contributed by atoms with van der Waals surface area (Å²) in [5, 5.41) is 0. The SMILES string of the molecule is C=CCC1c2ccccc2C(=O)N1Cc1ccco1. The van der Waals surface area contributed by atoms with E-state index in [0.29, 0.717) is 6.54 Å². The number of carbonyl (C=O) groups excluding carboxylic acids is 1. The fraction of sp³-hybridized carbons (Fsp3) is 0.188. The van der Waals surface area contributed by atoms with Gasteiger partial charge in [0.05, 0.1) is 18.8 Å². The highest BCUT2D eigenvalue weighted by Crippen LogP contribution is 2.36. The van der Waals surface area contributed by atoms with Crippen LogP contribution in [0.15, 0.2) is 59.7 Å². The van der Waals surface area contributed by atoms with Crippen LogP contribution in [0.2, 0.25) is 0 Å². The molecular formula is C16H15NO2. The van der Waals surface area contributed by atoms with E-state index in [1.54, 1.807) is 6.26 Å². The molecule has 0 radical (unpaired) electrons. The molecular weight excluding hydrogens is 238 g/mol. The van der Waals surface area contributed by atoms with Crippen molar-refractivity contribution in [3.63, 3.8) is 0 Å². The van der Waals surface area contributed by atoms with Gasteiger partial charge in [0, 0.05) is 5.56 Å². The molecule has 0 saturated carbocycles. The zero-order valence-corrected chi connectivity index (χ0v) is 10.6. The molecule has 0 fully saturated rings. The van der Waals surface area contributed by atoms with Crippen molar-refractivity contribution >= 4 is 5.91 Å². The van der Waals surface area contributed by atoms with Crippen molar-refractivity contribution in [3.8, 4) is 0 Å². The molecule has 1 aliphatic rings. The minimum absolute atomic E-state index is 0.0614. The lowest BCUT2D eigenvalue weighted by molar-refractivity contribution is 0.0697. The maximum absolute atomic E-state index is 12.5. The fourth-order valence-corrected chi connectivity index (χ4v) is 2.61. The molecule has 3 nitrogen and oxygen atoms in total. The lowest BCUT2D eigenvalue weighted by Gasteiger charge is -2.23. The van der Waals surface area contributed by atoms with Gasteiger partial charge in [-0.15, -0.1) is 6.58 Å².